The lowest BCUT2D eigenvalue weighted by atomic mass is 10.2. The van der Waals surface area contributed by atoms with Crippen molar-refractivity contribution in [2.75, 3.05) is 0 Å². The Labute approximate surface area is 138 Å². The first-order valence-electron chi connectivity index (χ1n) is 6.68. The van der Waals surface area contributed by atoms with Gasteiger partial charge in [0.05, 0.1) is 11.9 Å². The lowest BCUT2D eigenvalue weighted by Crippen LogP contribution is -2.25. The zero-order chi connectivity index (χ0) is 16.4. The Morgan fingerprint density at radius 1 is 1.26 bits per heavy atom. The van der Waals surface area contributed by atoms with Crippen LogP contribution in [0.5, 0.6) is 0 Å². The van der Waals surface area contributed by atoms with Gasteiger partial charge in [-0.15, -0.1) is 0 Å². The molecule has 23 heavy (non-hydrogen) atoms. The highest BCUT2D eigenvalue weighted by Gasteiger charge is 2.13. The third kappa shape index (κ3) is 3.21. The van der Waals surface area contributed by atoms with Gasteiger partial charge in [-0.1, -0.05) is 22.0 Å². The largest absolute Gasteiger partial charge is 0.347 e. The Kier molecular flexibility index (Phi) is 4.33. The average molecular weight is 381 g/mol. The summed E-state index contributed by atoms with van der Waals surface area (Å²) in [4.78, 5) is 20.7. The predicted molar refractivity (Wildman–Crippen MR) is 83.1 cm³/mol. The highest BCUT2D eigenvalue weighted by molar-refractivity contribution is 9.08. The summed E-state index contributed by atoms with van der Waals surface area (Å²) >= 11 is 3.30. The number of halogens is 3. The summed E-state index contributed by atoms with van der Waals surface area (Å²) in [6.07, 6.45) is 3.05. The molecular formula is C15H11BrF2N4O. The van der Waals surface area contributed by atoms with E-state index in [1.807, 2.05) is 0 Å². The smallest absolute Gasteiger partial charge is 0.268 e. The number of hydrogen-bond donors (Lipinski definition) is 1. The number of nitrogens with one attached hydrogen (secondary N) is 1. The van der Waals surface area contributed by atoms with Crippen LogP contribution in [0.3, 0.4) is 0 Å². The lowest BCUT2D eigenvalue weighted by Gasteiger charge is -2.09. The normalized spacial score (nSPS) is 10.9. The number of rotatable bonds is 4. The van der Waals surface area contributed by atoms with Crippen LogP contribution in [-0.4, -0.2) is 20.3 Å². The molecule has 3 rings (SSSR count). The summed E-state index contributed by atoms with van der Waals surface area (Å²) in [5.74, 6) is -2.22. The second-order valence-corrected chi connectivity index (χ2v) is 5.38. The number of carbonyl (C=O) groups is 1. The number of aromatic nitrogens is 3. The van der Waals surface area contributed by atoms with Gasteiger partial charge in [0.2, 0.25) is 0 Å². The van der Waals surface area contributed by atoms with E-state index in [2.05, 4.69) is 31.2 Å². The zero-order valence-corrected chi connectivity index (χ0v) is 13.3. The van der Waals surface area contributed by atoms with Crippen LogP contribution in [-0.2, 0) is 11.9 Å². The number of alkyl halides is 1. The number of nitrogens with zero attached hydrogens (tertiary/aromatic N) is 3. The van der Waals surface area contributed by atoms with Gasteiger partial charge in [-0.2, -0.15) is 0 Å². The maximum absolute atomic E-state index is 13.2. The molecule has 0 aliphatic carbocycles. The topological polar surface area (TPSA) is 59.3 Å². The van der Waals surface area contributed by atoms with Crippen LogP contribution in [0, 0.1) is 11.6 Å². The number of benzene rings is 1. The number of imidazole rings is 1. The average Bonchev–Trinajstić information content (AvgIpc) is 3.03. The van der Waals surface area contributed by atoms with Gasteiger partial charge >= 0.3 is 0 Å². The first-order chi connectivity index (χ1) is 11.1. The number of hydrogen-bond acceptors (Lipinski definition) is 3. The van der Waals surface area contributed by atoms with Crippen molar-refractivity contribution in [3.05, 3.63) is 65.4 Å². The Bertz CT molecular complexity index is 881. The number of amides is 1. The van der Waals surface area contributed by atoms with E-state index in [4.69, 9.17) is 0 Å². The Morgan fingerprint density at radius 2 is 2.09 bits per heavy atom. The minimum Gasteiger partial charge on any atom is -0.347 e. The minimum atomic E-state index is -0.945. The van der Waals surface area contributed by atoms with Crippen molar-refractivity contribution in [2.45, 2.75) is 11.9 Å². The molecule has 0 atom stereocenters. The summed E-state index contributed by atoms with van der Waals surface area (Å²) in [6, 6.07) is 5.14. The molecule has 0 aliphatic heterocycles. The van der Waals surface area contributed by atoms with Gasteiger partial charge in [0, 0.05) is 11.9 Å². The molecule has 1 amide bonds. The van der Waals surface area contributed by atoms with Crippen molar-refractivity contribution in [1.82, 2.24) is 19.7 Å². The molecule has 1 N–H and O–H groups in total. The number of carbonyl (C=O) groups excluding carboxylic acids is 1. The predicted octanol–water partition coefficient (Wildman–Crippen LogP) is 2.83. The quantitative estimate of drug-likeness (QED) is 0.708. The van der Waals surface area contributed by atoms with Crippen LogP contribution in [0.4, 0.5) is 8.78 Å². The van der Waals surface area contributed by atoms with Crippen LogP contribution in [0.15, 0.2) is 36.8 Å². The molecule has 0 bridgehead atoms. The van der Waals surface area contributed by atoms with Gasteiger partial charge in [0.15, 0.2) is 17.3 Å². The van der Waals surface area contributed by atoms with E-state index in [9.17, 15) is 13.6 Å². The van der Waals surface area contributed by atoms with E-state index in [1.165, 1.54) is 12.4 Å². The molecule has 2 heterocycles. The van der Waals surface area contributed by atoms with Crippen molar-refractivity contribution >= 4 is 27.5 Å². The molecule has 0 saturated carbocycles. The SMILES string of the molecule is O=C(NCc1ccc(F)c(F)c1)c1cc(CBr)nc2cncn12. The maximum atomic E-state index is 13.2. The molecule has 1 aromatic carbocycles. The molecular weight excluding hydrogens is 370 g/mol. The fraction of sp³-hybridized carbons (Fsp3) is 0.133. The first-order valence-corrected chi connectivity index (χ1v) is 7.80. The van der Waals surface area contributed by atoms with Crippen molar-refractivity contribution < 1.29 is 13.6 Å². The van der Waals surface area contributed by atoms with Crippen LogP contribution >= 0.6 is 15.9 Å². The van der Waals surface area contributed by atoms with Crippen molar-refractivity contribution in [2.24, 2.45) is 0 Å². The van der Waals surface area contributed by atoms with Crippen LogP contribution in [0.2, 0.25) is 0 Å². The van der Waals surface area contributed by atoms with Gasteiger partial charge in [-0.3, -0.25) is 9.20 Å². The minimum absolute atomic E-state index is 0.0815. The van der Waals surface area contributed by atoms with Gasteiger partial charge in [-0.25, -0.2) is 18.7 Å². The van der Waals surface area contributed by atoms with Crippen LogP contribution < -0.4 is 5.32 Å². The third-order valence-electron chi connectivity index (χ3n) is 3.25. The standard InChI is InChI=1S/C15H11BrF2N4O/c16-5-10-4-13(22-8-19-7-14(22)21-10)15(23)20-6-9-1-2-11(17)12(18)3-9/h1-4,7-8H,5-6H2,(H,20,23). The van der Waals surface area contributed by atoms with E-state index in [1.54, 1.807) is 16.7 Å². The number of fused-ring (bicyclic) bond motifs is 1. The summed E-state index contributed by atoms with van der Waals surface area (Å²) in [5.41, 5.74) is 2.08. The Hall–Kier alpha value is -2.35. The Balaban J connectivity index is 1.83. The molecule has 0 spiro atoms. The molecule has 0 radical (unpaired) electrons. The first kappa shape index (κ1) is 15.5. The molecule has 0 fully saturated rings. The molecule has 0 aliphatic rings. The second kappa shape index (κ2) is 6.41. The van der Waals surface area contributed by atoms with Crippen LogP contribution in [0.1, 0.15) is 21.7 Å². The maximum Gasteiger partial charge on any atom is 0.268 e. The fourth-order valence-electron chi connectivity index (χ4n) is 2.13. The van der Waals surface area contributed by atoms with Gasteiger partial charge in [-0.05, 0) is 23.8 Å². The molecule has 8 heteroatoms. The van der Waals surface area contributed by atoms with E-state index in [0.29, 0.717) is 27.9 Å². The van der Waals surface area contributed by atoms with E-state index < -0.39 is 11.6 Å². The van der Waals surface area contributed by atoms with Gasteiger partial charge in [0.1, 0.15) is 12.0 Å². The molecule has 2 aromatic heterocycles. The van der Waals surface area contributed by atoms with Crippen molar-refractivity contribution in [3.8, 4) is 0 Å². The second-order valence-electron chi connectivity index (χ2n) is 4.82. The Morgan fingerprint density at radius 3 is 2.83 bits per heavy atom. The highest BCUT2D eigenvalue weighted by Crippen LogP contribution is 2.12. The third-order valence-corrected chi connectivity index (χ3v) is 3.82. The summed E-state index contributed by atoms with van der Waals surface area (Å²) < 4.78 is 27.6. The van der Waals surface area contributed by atoms with Crippen molar-refractivity contribution in [3.63, 3.8) is 0 Å². The molecule has 0 unspecified atom stereocenters. The van der Waals surface area contributed by atoms with Gasteiger partial charge < -0.3 is 5.32 Å². The van der Waals surface area contributed by atoms with E-state index in [0.717, 1.165) is 12.1 Å². The monoisotopic (exact) mass is 380 g/mol. The van der Waals surface area contributed by atoms with Crippen LogP contribution in [0.25, 0.3) is 5.65 Å². The summed E-state index contributed by atoms with van der Waals surface area (Å²) in [5, 5.41) is 3.17. The molecule has 118 valence electrons. The van der Waals surface area contributed by atoms with E-state index >= 15 is 0 Å². The molecule has 3 aromatic rings. The summed E-state index contributed by atoms with van der Waals surface area (Å²) in [6.45, 7) is 0.0815. The fourth-order valence-corrected chi connectivity index (χ4v) is 2.42. The lowest BCUT2D eigenvalue weighted by molar-refractivity contribution is 0.0944. The molecule has 0 saturated heterocycles. The highest BCUT2D eigenvalue weighted by atomic mass is 79.9. The van der Waals surface area contributed by atoms with Crippen molar-refractivity contribution in [1.29, 1.82) is 0 Å². The van der Waals surface area contributed by atoms with Gasteiger partial charge in [0.25, 0.3) is 5.91 Å². The van der Waals surface area contributed by atoms with E-state index in [-0.39, 0.29) is 12.5 Å². The zero-order valence-electron chi connectivity index (χ0n) is 11.8. The summed E-state index contributed by atoms with van der Waals surface area (Å²) in [7, 11) is 0. The molecule has 5 nitrogen and oxygen atoms in total.